The molecule has 0 spiro atoms. The Morgan fingerprint density at radius 3 is 2.35 bits per heavy atom. The van der Waals surface area contributed by atoms with Gasteiger partial charge in [-0.3, -0.25) is 14.5 Å². The molecule has 2 aromatic carbocycles. The fraction of sp³-hybridized carbons (Fsp3) is 0.400. The lowest BCUT2D eigenvalue weighted by atomic mass is 9.89. The summed E-state index contributed by atoms with van der Waals surface area (Å²) < 4.78 is 0. The number of urea groups is 1. The van der Waals surface area contributed by atoms with Crippen LogP contribution in [0.5, 0.6) is 0 Å². The number of aryl methyl sites for hydroxylation is 2. The quantitative estimate of drug-likeness (QED) is 0.526. The number of benzene rings is 2. The summed E-state index contributed by atoms with van der Waals surface area (Å²) in [5.74, 6) is -0.521. The molecule has 4 rings (SSSR count). The van der Waals surface area contributed by atoms with E-state index in [-0.39, 0.29) is 30.4 Å². The molecule has 0 saturated heterocycles. The van der Waals surface area contributed by atoms with Crippen LogP contribution in [0, 0.1) is 0 Å². The molecule has 6 nitrogen and oxygen atoms in total. The van der Waals surface area contributed by atoms with Crippen molar-refractivity contribution in [3.05, 3.63) is 70.3 Å². The molecule has 0 bridgehead atoms. The molecule has 31 heavy (non-hydrogen) atoms. The minimum atomic E-state index is -0.261. The molecule has 0 aromatic heterocycles. The predicted molar refractivity (Wildman–Crippen MR) is 119 cm³/mol. The van der Waals surface area contributed by atoms with Gasteiger partial charge in [-0.25, -0.2) is 4.79 Å². The van der Waals surface area contributed by atoms with Gasteiger partial charge in [0.1, 0.15) is 0 Å². The fourth-order valence-corrected chi connectivity index (χ4v) is 4.48. The van der Waals surface area contributed by atoms with Crippen molar-refractivity contribution in [2.24, 2.45) is 0 Å². The molecule has 162 valence electrons. The van der Waals surface area contributed by atoms with E-state index in [1.807, 2.05) is 0 Å². The van der Waals surface area contributed by atoms with Gasteiger partial charge >= 0.3 is 6.03 Å². The van der Waals surface area contributed by atoms with E-state index in [1.165, 1.54) is 28.9 Å². The summed E-state index contributed by atoms with van der Waals surface area (Å²) in [5.41, 5.74) is 4.89. The highest BCUT2D eigenvalue weighted by molar-refractivity contribution is 6.21. The molecular formula is C25H29N3O3. The first-order valence-corrected chi connectivity index (χ1v) is 11.2. The Morgan fingerprint density at radius 2 is 1.68 bits per heavy atom. The number of fused-ring (bicyclic) bond motifs is 2. The van der Waals surface area contributed by atoms with Crippen LogP contribution < -0.4 is 10.6 Å². The zero-order chi connectivity index (χ0) is 21.8. The van der Waals surface area contributed by atoms with Crippen molar-refractivity contribution in [1.29, 1.82) is 0 Å². The van der Waals surface area contributed by atoms with Gasteiger partial charge in [-0.2, -0.15) is 0 Å². The van der Waals surface area contributed by atoms with Crippen molar-refractivity contribution < 1.29 is 14.4 Å². The number of hydrogen-bond acceptors (Lipinski definition) is 3. The highest BCUT2D eigenvalue weighted by Gasteiger charge is 2.34. The Hall–Kier alpha value is -3.15. The number of carbonyl (C=O) groups is 3. The van der Waals surface area contributed by atoms with Crippen LogP contribution in [0.15, 0.2) is 42.5 Å². The summed E-state index contributed by atoms with van der Waals surface area (Å²) in [4.78, 5) is 38.4. The van der Waals surface area contributed by atoms with E-state index < -0.39 is 0 Å². The number of carbonyl (C=O) groups excluding carboxylic acids is 3. The van der Waals surface area contributed by atoms with Crippen molar-refractivity contribution in [3.63, 3.8) is 0 Å². The van der Waals surface area contributed by atoms with E-state index >= 15 is 0 Å². The van der Waals surface area contributed by atoms with Gasteiger partial charge in [0.2, 0.25) is 0 Å². The van der Waals surface area contributed by atoms with Crippen molar-refractivity contribution in [3.8, 4) is 0 Å². The molecular weight excluding hydrogens is 390 g/mol. The van der Waals surface area contributed by atoms with E-state index in [1.54, 1.807) is 24.3 Å². The van der Waals surface area contributed by atoms with Crippen LogP contribution in [-0.4, -0.2) is 35.8 Å². The Balaban J connectivity index is 1.26. The molecule has 0 fully saturated rings. The smallest absolute Gasteiger partial charge is 0.315 e. The normalized spacial score (nSPS) is 16.0. The molecule has 4 amide bonds. The van der Waals surface area contributed by atoms with Crippen LogP contribution in [0.4, 0.5) is 4.79 Å². The summed E-state index contributed by atoms with van der Waals surface area (Å²) in [6.45, 7) is 2.74. The summed E-state index contributed by atoms with van der Waals surface area (Å²) >= 11 is 0. The van der Waals surface area contributed by atoms with E-state index in [4.69, 9.17) is 0 Å². The van der Waals surface area contributed by atoms with Gasteiger partial charge in [-0.15, -0.1) is 0 Å². The zero-order valence-corrected chi connectivity index (χ0v) is 17.9. The second-order valence-electron chi connectivity index (χ2n) is 8.26. The Bertz CT molecular complexity index is 966. The average Bonchev–Trinajstić information content (AvgIpc) is 3.04. The van der Waals surface area contributed by atoms with E-state index in [0.717, 1.165) is 24.8 Å². The number of imide groups is 1. The number of nitrogens with one attached hydrogen (secondary N) is 2. The first kappa shape index (κ1) is 21.1. The van der Waals surface area contributed by atoms with Gasteiger partial charge in [0.05, 0.1) is 17.2 Å². The molecule has 6 heteroatoms. The molecule has 1 unspecified atom stereocenters. The third-order valence-electron chi connectivity index (χ3n) is 6.21. The molecule has 2 N–H and O–H groups in total. The number of amides is 4. The second-order valence-corrected chi connectivity index (χ2v) is 8.26. The summed E-state index contributed by atoms with van der Waals surface area (Å²) in [7, 11) is 0. The molecule has 0 saturated carbocycles. The van der Waals surface area contributed by atoms with Gasteiger partial charge < -0.3 is 10.6 Å². The summed E-state index contributed by atoms with van der Waals surface area (Å²) in [6.07, 6.45) is 6.06. The third-order valence-corrected chi connectivity index (χ3v) is 6.21. The minimum Gasteiger partial charge on any atom is -0.338 e. The van der Waals surface area contributed by atoms with Crippen molar-refractivity contribution in [1.82, 2.24) is 15.5 Å². The van der Waals surface area contributed by atoms with Crippen molar-refractivity contribution in [2.75, 3.05) is 13.1 Å². The van der Waals surface area contributed by atoms with Gasteiger partial charge in [0.15, 0.2) is 0 Å². The van der Waals surface area contributed by atoms with Gasteiger partial charge in [-0.1, -0.05) is 37.3 Å². The van der Waals surface area contributed by atoms with E-state index in [9.17, 15) is 14.4 Å². The predicted octanol–water partition coefficient (Wildman–Crippen LogP) is 4.00. The number of nitrogens with zero attached hydrogens (tertiary/aromatic N) is 1. The molecule has 1 aliphatic heterocycles. The molecule has 1 aliphatic carbocycles. The maximum Gasteiger partial charge on any atom is 0.315 e. The Labute approximate surface area is 183 Å². The molecule has 2 aromatic rings. The summed E-state index contributed by atoms with van der Waals surface area (Å²) in [6, 6.07) is 13.2. The largest absolute Gasteiger partial charge is 0.338 e. The van der Waals surface area contributed by atoms with E-state index in [2.05, 4.69) is 35.8 Å². The number of rotatable bonds is 7. The Morgan fingerprint density at radius 1 is 1.00 bits per heavy atom. The summed E-state index contributed by atoms with van der Waals surface area (Å²) in [5, 5.41) is 5.91. The maximum atomic E-state index is 12.4. The highest BCUT2D eigenvalue weighted by atomic mass is 16.2. The SMILES string of the molecule is CCC(NC(=O)NCCCN1C(=O)c2ccccc2C1=O)c1ccc2c(c1)CCCC2. The van der Waals surface area contributed by atoms with E-state index in [0.29, 0.717) is 24.1 Å². The first-order valence-electron chi connectivity index (χ1n) is 11.2. The second kappa shape index (κ2) is 9.33. The standard InChI is InChI=1S/C25H29N3O3/c1-2-22(19-13-12-17-8-3-4-9-18(17)16-19)27-25(31)26-14-7-15-28-23(29)20-10-5-6-11-21(20)24(28)30/h5-6,10-13,16,22H,2-4,7-9,14-15H2,1H3,(H2,26,27,31). The lowest BCUT2D eigenvalue weighted by Gasteiger charge is -2.22. The fourth-order valence-electron chi connectivity index (χ4n) is 4.48. The number of hydrogen-bond donors (Lipinski definition) is 2. The minimum absolute atomic E-state index is 0.0385. The van der Waals surface area contributed by atoms with Crippen LogP contribution >= 0.6 is 0 Å². The molecule has 1 atom stereocenters. The first-order chi connectivity index (χ1) is 15.1. The van der Waals surface area contributed by atoms with Gasteiger partial charge in [-0.05, 0) is 67.3 Å². The topological polar surface area (TPSA) is 78.5 Å². The lowest BCUT2D eigenvalue weighted by Crippen LogP contribution is -2.39. The molecule has 1 heterocycles. The lowest BCUT2D eigenvalue weighted by molar-refractivity contribution is 0.0653. The zero-order valence-electron chi connectivity index (χ0n) is 17.9. The maximum absolute atomic E-state index is 12.4. The van der Waals surface area contributed by atoms with Crippen LogP contribution in [0.3, 0.4) is 0 Å². The van der Waals surface area contributed by atoms with Crippen molar-refractivity contribution in [2.45, 2.75) is 51.5 Å². The highest BCUT2D eigenvalue weighted by Crippen LogP contribution is 2.26. The van der Waals surface area contributed by atoms with Crippen LogP contribution in [0.25, 0.3) is 0 Å². The van der Waals surface area contributed by atoms with Gasteiger partial charge in [0.25, 0.3) is 11.8 Å². The molecule has 0 radical (unpaired) electrons. The monoisotopic (exact) mass is 419 g/mol. The van der Waals surface area contributed by atoms with Gasteiger partial charge in [0, 0.05) is 13.1 Å². The van der Waals surface area contributed by atoms with Crippen LogP contribution in [-0.2, 0) is 12.8 Å². The Kier molecular flexibility index (Phi) is 6.35. The van der Waals surface area contributed by atoms with Crippen LogP contribution in [0.1, 0.15) is 76.1 Å². The third kappa shape index (κ3) is 4.48. The average molecular weight is 420 g/mol. The van der Waals surface area contributed by atoms with Crippen LogP contribution in [0.2, 0.25) is 0 Å². The van der Waals surface area contributed by atoms with Crippen molar-refractivity contribution >= 4 is 17.8 Å². The molecule has 2 aliphatic rings.